The first-order valence-corrected chi connectivity index (χ1v) is 6.02. The molecule has 0 fully saturated rings. The van der Waals surface area contributed by atoms with Gasteiger partial charge >= 0.3 is 0 Å². The number of rotatable bonds is 6. The van der Waals surface area contributed by atoms with Crippen LogP contribution in [-0.2, 0) is 0 Å². The van der Waals surface area contributed by atoms with Gasteiger partial charge in [-0.15, -0.1) is 0 Å². The molecule has 0 bridgehead atoms. The molecule has 0 unspecified atom stereocenters. The van der Waals surface area contributed by atoms with Crippen molar-refractivity contribution in [3.8, 4) is 0 Å². The highest BCUT2D eigenvalue weighted by Gasteiger charge is 2.06. The van der Waals surface area contributed by atoms with Crippen molar-refractivity contribution in [2.45, 2.75) is 26.2 Å². The van der Waals surface area contributed by atoms with Gasteiger partial charge in [0.25, 0.3) is 0 Å². The second kappa shape index (κ2) is 6.54. The van der Waals surface area contributed by atoms with Gasteiger partial charge in [-0.25, -0.2) is 0 Å². The van der Waals surface area contributed by atoms with Crippen LogP contribution in [0.15, 0.2) is 18.2 Å². The summed E-state index contributed by atoms with van der Waals surface area (Å²) in [6, 6.07) is 5.43. The minimum atomic E-state index is 0.604. The van der Waals surface area contributed by atoms with E-state index in [1.807, 2.05) is 19.2 Å². The molecule has 0 aliphatic carbocycles. The molecule has 0 N–H and O–H groups in total. The lowest BCUT2D eigenvalue weighted by Crippen LogP contribution is -2.19. The van der Waals surface area contributed by atoms with Gasteiger partial charge in [0.15, 0.2) is 6.29 Å². The number of unbranched alkanes of at least 4 members (excludes halogenated alkanes) is 2. The molecule has 16 heavy (non-hydrogen) atoms. The third-order valence-electron chi connectivity index (χ3n) is 2.62. The number of aldehydes is 1. The molecule has 0 saturated heterocycles. The zero-order chi connectivity index (χ0) is 12.0. The predicted octanol–water partition coefficient (Wildman–Crippen LogP) is 3.78. The number of carbonyl (C=O) groups excluding carboxylic acids is 1. The van der Waals surface area contributed by atoms with Crippen LogP contribution in [0.2, 0.25) is 5.02 Å². The average molecular weight is 240 g/mol. The van der Waals surface area contributed by atoms with E-state index in [0.717, 1.165) is 24.9 Å². The van der Waals surface area contributed by atoms with Crippen molar-refractivity contribution in [2.75, 3.05) is 18.5 Å². The SMILES string of the molecule is CCCCCN(C)c1ccc(Cl)cc1C=O. The van der Waals surface area contributed by atoms with E-state index in [-0.39, 0.29) is 0 Å². The highest BCUT2D eigenvalue weighted by Crippen LogP contribution is 2.22. The predicted molar refractivity (Wildman–Crippen MR) is 69.6 cm³/mol. The van der Waals surface area contributed by atoms with Gasteiger partial charge in [0.1, 0.15) is 0 Å². The largest absolute Gasteiger partial charge is 0.374 e. The number of anilines is 1. The molecular weight excluding hydrogens is 222 g/mol. The van der Waals surface area contributed by atoms with E-state index in [0.29, 0.717) is 10.6 Å². The van der Waals surface area contributed by atoms with Crippen molar-refractivity contribution in [1.29, 1.82) is 0 Å². The monoisotopic (exact) mass is 239 g/mol. The third kappa shape index (κ3) is 3.53. The molecule has 1 aromatic carbocycles. The minimum Gasteiger partial charge on any atom is -0.374 e. The second-order valence-corrected chi connectivity index (χ2v) is 4.39. The van der Waals surface area contributed by atoms with Crippen LogP contribution in [0.3, 0.4) is 0 Å². The first-order valence-electron chi connectivity index (χ1n) is 5.65. The van der Waals surface area contributed by atoms with Gasteiger partial charge in [0.05, 0.1) is 0 Å². The highest BCUT2D eigenvalue weighted by molar-refractivity contribution is 6.31. The van der Waals surface area contributed by atoms with Crippen LogP contribution >= 0.6 is 11.6 Å². The lowest BCUT2D eigenvalue weighted by molar-refractivity contribution is 0.112. The van der Waals surface area contributed by atoms with Crippen molar-refractivity contribution in [3.05, 3.63) is 28.8 Å². The molecule has 1 rings (SSSR count). The molecule has 0 spiro atoms. The van der Waals surface area contributed by atoms with Crippen molar-refractivity contribution >= 4 is 23.6 Å². The van der Waals surface area contributed by atoms with E-state index < -0.39 is 0 Å². The standard InChI is InChI=1S/C13H18ClNO/c1-3-4-5-8-15(2)13-7-6-12(14)9-11(13)10-16/h6-7,9-10H,3-5,8H2,1-2H3. The van der Waals surface area contributed by atoms with Crippen molar-refractivity contribution in [1.82, 2.24) is 0 Å². The van der Waals surface area contributed by atoms with E-state index in [4.69, 9.17) is 11.6 Å². The third-order valence-corrected chi connectivity index (χ3v) is 2.86. The zero-order valence-electron chi connectivity index (χ0n) is 9.87. The number of halogens is 1. The summed E-state index contributed by atoms with van der Waals surface area (Å²) in [4.78, 5) is 13.0. The van der Waals surface area contributed by atoms with Crippen LogP contribution in [0.4, 0.5) is 5.69 Å². The van der Waals surface area contributed by atoms with E-state index in [2.05, 4.69) is 11.8 Å². The van der Waals surface area contributed by atoms with Crippen LogP contribution in [0, 0.1) is 0 Å². The summed E-state index contributed by atoms with van der Waals surface area (Å²) in [5.74, 6) is 0. The summed E-state index contributed by atoms with van der Waals surface area (Å²) in [7, 11) is 2.01. The molecule has 1 aromatic rings. The lowest BCUT2D eigenvalue weighted by Gasteiger charge is -2.20. The molecule has 0 aliphatic heterocycles. The molecule has 0 aliphatic rings. The van der Waals surface area contributed by atoms with Gasteiger partial charge in [-0.3, -0.25) is 4.79 Å². The maximum absolute atomic E-state index is 10.9. The second-order valence-electron chi connectivity index (χ2n) is 3.95. The Morgan fingerprint density at radius 2 is 2.12 bits per heavy atom. The van der Waals surface area contributed by atoms with Gasteiger partial charge in [0.2, 0.25) is 0 Å². The van der Waals surface area contributed by atoms with E-state index in [1.54, 1.807) is 6.07 Å². The Morgan fingerprint density at radius 3 is 2.75 bits per heavy atom. The van der Waals surface area contributed by atoms with Crippen LogP contribution < -0.4 is 4.90 Å². The summed E-state index contributed by atoms with van der Waals surface area (Å²) >= 11 is 5.85. The van der Waals surface area contributed by atoms with Gasteiger partial charge in [-0.2, -0.15) is 0 Å². The molecule has 3 heteroatoms. The van der Waals surface area contributed by atoms with E-state index in [1.165, 1.54) is 12.8 Å². The first-order chi connectivity index (χ1) is 7.69. The Bertz CT molecular complexity index is 352. The molecular formula is C13H18ClNO. The van der Waals surface area contributed by atoms with Crippen molar-refractivity contribution in [3.63, 3.8) is 0 Å². The Kier molecular flexibility index (Phi) is 5.33. The Morgan fingerprint density at radius 1 is 1.38 bits per heavy atom. The van der Waals surface area contributed by atoms with E-state index >= 15 is 0 Å². The molecule has 2 nitrogen and oxygen atoms in total. The fraction of sp³-hybridized carbons (Fsp3) is 0.462. The molecule has 0 radical (unpaired) electrons. The maximum atomic E-state index is 10.9. The van der Waals surface area contributed by atoms with E-state index in [9.17, 15) is 4.79 Å². The quantitative estimate of drug-likeness (QED) is 0.556. The van der Waals surface area contributed by atoms with Gasteiger partial charge in [-0.05, 0) is 24.6 Å². The molecule has 0 atom stereocenters. The summed E-state index contributed by atoms with van der Waals surface area (Å²) in [6.45, 7) is 3.15. The van der Waals surface area contributed by atoms with Crippen LogP contribution in [0.1, 0.15) is 36.5 Å². The van der Waals surface area contributed by atoms with Crippen LogP contribution in [0.5, 0.6) is 0 Å². The van der Waals surface area contributed by atoms with Crippen molar-refractivity contribution in [2.24, 2.45) is 0 Å². The van der Waals surface area contributed by atoms with Gasteiger partial charge < -0.3 is 4.90 Å². The van der Waals surface area contributed by atoms with Crippen molar-refractivity contribution < 1.29 is 4.79 Å². The Labute approximate surface area is 102 Å². The zero-order valence-corrected chi connectivity index (χ0v) is 10.6. The fourth-order valence-corrected chi connectivity index (χ4v) is 1.87. The number of carbonyl (C=O) groups is 1. The number of hydrogen-bond acceptors (Lipinski definition) is 2. The minimum absolute atomic E-state index is 0.604. The number of benzene rings is 1. The van der Waals surface area contributed by atoms with Gasteiger partial charge in [0, 0.05) is 29.9 Å². The topological polar surface area (TPSA) is 20.3 Å². The molecule has 0 heterocycles. The Hall–Kier alpha value is -1.02. The number of nitrogens with zero attached hydrogens (tertiary/aromatic N) is 1. The maximum Gasteiger partial charge on any atom is 0.152 e. The normalized spacial score (nSPS) is 10.2. The average Bonchev–Trinajstić information content (AvgIpc) is 2.29. The molecule has 0 saturated carbocycles. The fourth-order valence-electron chi connectivity index (χ4n) is 1.69. The van der Waals surface area contributed by atoms with Crippen LogP contribution in [0.25, 0.3) is 0 Å². The highest BCUT2D eigenvalue weighted by atomic mass is 35.5. The van der Waals surface area contributed by atoms with Gasteiger partial charge in [-0.1, -0.05) is 31.4 Å². The summed E-state index contributed by atoms with van der Waals surface area (Å²) in [6.07, 6.45) is 4.43. The lowest BCUT2D eigenvalue weighted by atomic mass is 10.1. The molecule has 0 aromatic heterocycles. The summed E-state index contributed by atoms with van der Waals surface area (Å²) in [5.41, 5.74) is 1.61. The Balaban J connectivity index is 2.74. The smallest absolute Gasteiger partial charge is 0.152 e. The summed E-state index contributed by atoms with van der Waals surface area (Å²) in [5, 5.41) is 0.604. The number of hydrogen-bond donors (Lipinski definition) is 0. The molecule has 0 amide bonds. The molecule has 88 valence electrons. The van der Waals surface area contributed by atoms with Crippen LogP contribution in [-0.4, -0.2) is 19.9 Å². The first kappa shape index (κ1) is 13.0. The summed E-state index contributed by atoms with van der Waals surface area (Å²) < 4.78 is 0.